The first-order valence-corrected chi connectivity index (χ1v) is 7.69. The van der Waals surface area contributed by atoms with Gasteiger partial charge in [-0.1, -0.05) is 12.1 Å². The first kappa shape index (κ1) is 14.4. The molecule has 0 aliphatic carbocycles. The fourth-order valence-electron chi connectivity index (χ4n) is 3.46. The number of hydrazine groups is 1. The van der Waals surface area contributed by atoms with Crippen LogP contribution in [0, 0.1) is 0 Å². The first-order valence-electron chi connectivity index (χ1n) is 7.69. The zero-order valence-electron chi connectivity index (χ0n) is 12.8. The van der Waals surface area contributed by atoms with Gasteiger partial charge in [0.15, 0.2) is 0 Å². The summed E-state index contributed by atoms with van der Waals surface area (Å²) >= 11 is 0. The molecule has 1 fully saturated rings. The van der Waals surface area contributed by atoms with Crippen LogP contribution >= 0.6 is 0 Å². The van der Waals surface area contributed by atoms with E-state index >= 15 is 0 Å². The minimum absolute atomic E-state index is 0.0128. The Labute approximate surface area is 126 Å². The van der Waals surface area contributed by atoms with Crippen LogP contribution in [0.1, 0.15) is 38.3 Å². The summed E-state index contributed by atoms with van der Waals surface area (Å²) in [5.41, 5.74) is 5.27. The number of nitrogens with two attached hydrogens (primary N) is 1. The van der Waals surface area contributed by atoms with Crippen LogP contribution in [0.2, 0.25) is 0 Å². The zero-order chi connectivity index (χ0) is 14.9. The van der Waals surface area contributed by atoms with Gasteiger partial charge in [-0.05, 0) is 63.5 Å². The predicted molar refractivity (Wildman–Crippen MR) is 86.7 cm³/mol. The lowest BCUT2D eigenvalue weighted by Gasteiger charge is -2.42. The molecule has 0 bridgehead atoms. The molecular weight excluding hydrogens is 260 g/mol. The Hall–Kier alpha value is -1.49. The van der Waals surface area contributed by atoms with Crippen LogP contribution in [0.4, 0.5) is 0 Å². The molecule has 3 rings (SSSR count). The highest BCUT2D eigenvalue weighted by molar-refractivity contribution is 5.79. The lowest BCUT2D eigenvalue weighted by molar-refractivity contribution is 0.107. The van der Waals surface area contributed by atoms with E-state index in [0.717, 1.165) is 24.0 Å². The lowest BCUT2D eigenvalue weighted by atomic mass is 9.87. The van der Waals surface area contributed by atoms with Crippen molar-refractivity contribution in [2.45, 2.75) is 38.3 Å². The highest BCUT2D eigenvalue weighted by Gasteiger charge is 2.37. The van der Waals surface area contributed by atoms with E-state index < -0.39 is 0 Å². The fraction of sp³-hybridized carbons (Fsp3) is 0.471. The van der Waals surface area contributed by atoms with Crippen molar-refractivity contribution in [1.82, 2.24) is 15.3 Å². The highest BCUT2D eigenvalue weighted by Crippen LogP contribution is 2.34. The molecule has 1 atom stereocenters. The van der Waals surface area contributed by atoms with Gasteiger partial charge < -0.3 is 0 Å². The number of benzene rings is 1. The molecule has 1 aliphatic heterocycles. The third-order valence-corrected chi connectivity index (χ3v) is 4.75. The average Bonchev–Trinajstić information content (AvgIpc) is 3.02. The largest absolute Gasteiger partial charge is 0.296 e. The van der Waals surface area contributed by atoms with Crippen molar-refractivity contribution in [3.63, 3.8) is 0 Å². The second kappa shape index (κ2) is 5.72. The molecular formula is C17H24N4. The molecule has 3 N–H and O–H groups in total. The molecule has 1 aliphatic rings. The standard InChI is InChI=1S/C17H24N4/c1-17(2,21-10-3-4-11-21)16(20-18)14-7-8-15-13(12-14)6-5-9-19-15/h5-9,12,16,20H,3-4,10-11,18H2,1-2H3. The summed E-state index contributed by atoms with van der Waals surface area (Å²) in [5, 5.41) is 1.16. The van der Waals surface area contributed by atoms with Crippen LogP contribution in [0.5, 0.6) is 0 Å². The van der Waals surface area contributed by atoms with E-state index in [-0.39, 0.29) is 11.6 Å². The maximum atomic E-state index is 5.91. The maximum Gasteiger partial charge on any atom is 0.0702 e. The molecule has 0 amide bonds. The Balaban J connectivity index is 1.96. The summed E-state index contributed by atoms with van der Waals surface area (Å²) in [6.07, 6.45) is 4.39. The maximum absolute atomic E-state index is 5.91. The zero-order valence-corrected chi connectivity index (χ0v) is 12.8. The quantitative estimate of drug-likeness (QED) is 0.669. The molecule has 112 valence electrons. The van der Waals surface area contributed by atoms with E-state index in [0.29, 0.717) is 0 Å². The lowest BCUT2D eigenvalue weighted by Crippen LogP contribution is -2.53. The number of nitrogens with one attached hydrogen (secondary N) is 1. The number of likely N-dealkylation sites (tertiary alicyclic amines) is 1. The van der Waals surface area contributed by atoms with Gasteiger partial charge in [0.2, 0.25) is 0 Å². The Bertz CT molecular complexity index is 617. The molecule has 4 heteroatoms. The minimum atomic E-state index is -0.0128. The van der Waals surface area contributed by atoms with Crippen molar-refractivity contribution in [2.24, 2.45) is 5.84 Å². The monoisotopic (exact) mass is 284 g/mol. The fourth-order valence-corrected chi connectivity index (χ4v) is 3.46. The van der Waals surface area contributed by atoms with Crippen molar-refractivity contribution in [3.05, 3.63) is 42.1 Å². The van der Waals surface area contributed by atoms with Crippen molar-refractivity contribution in [2.75, 3.05) is 13.1 Å². The Morgan fingerprint density at radius 3 is 2.71 bits per heavy atom. The molecule has 0 radical (unpaired) electrons. The van der Waals surface area contributed by atoms with Gasteiger partial charge in [0.1, 0.15) is 0 Å². The summed E-state index contributed by atoms with van der Waals surface area (Å²) in [4.78, 5) is 6.92. The van der Waals surface area contributed by atoms with E-state index in [1.165, 1.54) is 18.4 Å². The van der Waals surface area contributed by atoms with Crippen molar-refractivity contribution >= 4 is 10.9 Å². The van der Waals surface area contributed by atoms with Gasteiger partial charge in [-0.25, -0.2) is 0 Å². The smallest absolute Gasteiger partial charge is 0.0702 e. The second-order valence-corrected chi connectivity index (χ2v) is 6.40. The van der Waals surface area contributed by atoms with Crippen molar-refractivity contribution in [3.8, 4) is 0 Å². The minimum Gasteiger partial charge on any atom is -0.296 e. The number of aromatic nitrogens is 1. The summed E-state index contributed by atoms with van der Waals surface area (Å²) in [7, 11) is 0. The average molecular weight is 284 g/mol. The van der Waals surface area contributed by atoms with Gasteiger partial charge in [0.05, 0.1) is 11.6 Å². The van der Waals surface area contributed by atoms with E-state index in [9.17, 15) is 0 Å². The number of rotatable bonds is 4. The predicted octanol–water partition coefficient (Wildman–Crippen LogP) is 2.61. The molecule has 0 saturated carbocycles. The molecule has 21 heavy (non-hydrogen) atoms. The molecule has 0 spiro atoms. The summed E-state index contributed by atoms with van der Waals surface area (Å²) in [6.45, 7) is 6.85. The summed E-state index contributed by atoms with van der Waals surface area (Å²) < 4.78 is 0. The number of hydrogen-bond acceptors (Lipinski definition) is 4. The molecule has 1 aromatic carbocycles. The topological polar surface area (TPSA) is 54.2 Å². The second-order valence-electron chi connectivity index (χ2n) is 6.40. The Morgan fingerprint density at radius 2 is 2.00 bits per heavy atom. The number of fused-ring (bicyclic) bond motifs is 1. The molecule has 1 aromatic heterocycles. The number of hydrogen-bond donors (Lipinski definition) is 2. The van der Waals surface area contributed by atoms with E-state index in [4.69, 9.17) is 5.84 Å². The Morgan fingerprint density at radius 1 is 1.24 bits per heavy atom. The molecule has 1 unspecified atom stereocenters. The van der Waals surface area contributed by atoms with E-state index in [2.05, 4.69) is 53.4 Å². The normalized spacial score (nSPS) is 18.2. The number of pyridine rings is 1. The van der Waals surface area contributed by atoms with Crippen molar-refractivity contribution < 1.29 is 0 Å². The van der Waals surface area contributed by atoms with Crippen LogP contribution in [-0.4, -0.2) is 28.5 Å². The first-order chi connectivity index (χ1) is 10.1. The van der Waals surface area contributed by atoms with E-state index in [1.807, 2.05) is 12.3 Å². The van der Waals surface area contributed by atoms with Crippen LogP contribution in [0.3, 0.4) is 0 Å². The van der Waals surface area contributed by atoms with Crippen LogP contribution < -0.4 is 11.3 Å². The summed E-state index contributed by atoms with van der Waals surface area (Å²) in [6, 6.07) is 10.6. The van der Waals surface area contributed by atoms with Gasteiger partial charge in [-0.15, -0.1) is 0 Å². The number of nitrogens with zero attached hydrogens (tertiary/aromatic N) is 2. The van der Waals surface area contributed by atoms with E-state index in [1.54, 1.807) is 0 Å². The third-order valence-electron chi connectivity index (χ3n) is 4.75. The van der Waals surface area contributed by atoms with Gasteiger partial charge in [0.25, 0.3) is 0 Å². The van der Waals surface area contributed by atoms with Crippen molar-refractivity contribution in [1.29, 1.82) is 0 Å². The summed E-state index contributed by atoms with van der Waals surface area (Å²) in [5.74, 6) is 5.91. The molecule has 4 nitrogen and oxygen atoms in total. The van der Waals surface area contributed by atoms with Crippen LogP contribution in [0.15, 0.2) is 36.5 Å². The van der Waals surface area contributed by atoms with Gasteiger partial charge >= 0.3 is 0 Å². The molecule has 1 saturated heterocycles. The molecule has 2 aromatic rings. The van der Waals surface area contributed by atoms with Crippen LogP contribution in [0.25, 0.3) is 10.9 Å². The SMILES string of the molecule is CC(C)(C(NN)c1ccc2ncccc2c1)N1CCCC1. The van der Waals surface area contributed by atoms with Gasteiger partial charge in [-0.2, -0.15) is 0 Å². The van der Waals surface area contributed by atoms with Gasteiger partial charge in [0, 0.05) is 17.1 Å². The Kier molecular flexibility index (Phi) is 3.93. The third kappa shape index (κ3) is 2.67. The van der Waals surface area contributed by atoms with Gasteiger partial charge in [-0.3, -0.25) is 21.2 Å². The molecule has 2 heterocycles. The highest BCUT2D eigenvalue weighted by atomic mass is 15.3. The van der Waals surface area contributed by atoms with Crippen LogP contribution in [-0.2, 0) is 0 Å².